The third kappa shape index (κ3) is 5.04. The Morgan fingerprint density at radius 1 is 1.04 bits per heavy atom. The quantitative estimate of drug-likeness (QED) is 0.849. The van der Waals surface area contributed by atoms with Gasteiger partial charge in [-0.3, -0.25) is 9.59 Å². The number of aromatic nitrogens is 1. The van der Waals surface area contributed by atoms with Gasteiger partial charge in [0.2, 0.25) is 5.91 Å². The second kappa shape index (κ2) is 8.64. The number of anilines is 3. The van der Waals surface area contributed by atoms with E-state index in [9.17, 15) is 9.59 Å². The Labute approximate surface area is 159 Å². The first-order valence-electron chi connectivity index (χ1n) is 9.17. The van der Waals surface area contributed by atoms with Crippen LogP contribution in [0, 0.1) is 0 Å². The van der Waals surface area contributed by atoms with E-state index in [2.05, 4.69) is 32.3 Å². The maximum absolute atomic E-state index is 12.6. The molecule has 142 valence electrons. The van der Waals surface area contributed by atoms with Crippen LogP contribution < -0.4 is 15.5 Å². The summed E-state index contributed by atoms with van der Waals surface area (Å²) in [4.78, 5) is 32.8. The molecule has 2 N–H and O–H groups in total. The zero-order chi connectivity index (χ0) is 19.2. The first-order valence-corrected chi connectivity index (χ1v) is 9.17. The van der Waals surface area contributed by atoms with Gasteiger partial charge in [0.1, 0.15) is 5.82 Å². The highest BCUT2D eigenvalue weighted by Crippen LogP contribution is 2.18. The average Bonchev–Trinajstić information content (AvgIpc) is 2.68. The van der Waals surface area contributed by atoms with Gasteiger partial charge in [0.05, 0.1) is 0 Å². The zero-order valence-electron chi connectivity index (χ0n) is 15.7. The highest BCUT2D eigenvalue weighted by Gasteiger charge is 2.18. The molecule has 0 atom stereocenters. The number of likely N-dealkylation sites (N-methyl/N-ethyl adjacent to an activating group) is 1. The fourth-order valence-corrected chi connectivity index (χ4v) is 3.11. The van der Waals surface area contributed by atoms with Crippen LogP contribution >= 0.6 is 0 Å². The zero-order valence-corrected chi connectivity index (χ0v) is 15.7. The minimum Gasteiger partial charge on any atom is -0.354 e. The highest BCUT2D eigenvalue weighted by molar-refractivity contribution is 6.05. The van der Waals surface area contributed by atoms with Crippen molar-refractivity contribution in [3.8, 4) is 0 Å². The second-order valence-corrected chi connectivity index (χ2v) is 6.54. The van der Waals surface area contributed by atoms with Crippen molar-refractivity contribution >= 4 is 29.0 Å². The normalized spacial score (nSPS) is 14.7. The van der Waals surface area contributed by atoms with Gasteiger partial charge in [-0.05, 0) is 36.9 Å². The summed E-state index contributed by atoms with van der Waals surface area (Å²) >= 11 is 0. The maximum Gasteiger partial charge on any atom is 0.255 e. The molecule has 7 heteroatoms. The fraction of sp³-hybridized carbons (Fsp3) is 0.350. The van der Waals surface area contributed by atoms with E-state index in [0.29, 0.717) is 16.9 Å². The van der Waals surface area contributed by atoms with Gasteiger partial charge in [0.25, 0.3) is 5.91 Å². The Balaban J connectivity index is 1.68. The predicted molar refractivity (Wildman–Crippen MR) is 107 cm³/mol. The maximum atomic E-state index is 12.6. The number of nitrogens with zero attached hydrogens (tertiary/aromatic N) is 3. The molecular weight excluding hydrogens is 342 g/mol. The number of nitrogens with one attached hydrogen (secondary N) is 2. The van der Waals surface area contributed by atoms with Crippen molar-refractivity contribution < 1.29 is 9.59 Å². The van der Waals surface area contributed by atoms with Crippen LogP contribution in [0.1, 0.15) is 24.2 Å². The van der Waals surface area contributed by atoms with Crippen molar-refractivity contribution in [2.45, 2.75) is 13.8 Å². The van der Waals surface area contributed by atoms with Crippen molar-refractivity contribution in [2.24, 2.45) is 0 Å². The predicted octanol–water partition coefficient (Wildman–Crippen LogP) is 2.43. The lowest BCUT2D eigenvalue weighted by Gasteiger charge is -2.34. The molecule has 2 amide bonds. The van der Waals surface area contributed by atoms with E-state index in [1.54, 1.807) is 36.5 Å². The molecule has 1 fully saturated rings. The number of hydrogen-bond acceptors (Lipinski definition) is 5. The lowest BCUT2D eigenvalue weighted by atomic mass is 10.2. The third-order valence-corrected chi connectivity index (χ3v) is 4.59. The topological polar surface area (TPSA) is 77.6 Å². The van der Waals surface area contributed by atoms with Gasteiger partial charge in [-0.2, -0.15) is 0 Å². The monoisotopic (exact) mass is 367 g/mol. The number of piperazine rings is 1. The molecule has 2 heterocycles. The fourth-order valence-electron chi connectivity index (χ4n) is 3.11. The van der Waals surface area contributed by atoms with Crippen LogP contribution in [0.3, 0.4) is 0 Å². The molecule has 1 aliphatic heterocycles. The van der Waals surface area contributed by atoms with Crippen molar-refractivity contribution in [3.63, 3.8) is 0 Å². The van der Waals surface area contributed by atoms with Gasteiger partial charge < -0.3 is 20.4 Å². The smallest absolute Gasteiger partial charge is 0.255 e. The van der Waals surface area contributed by atoms with E-state index in [1.807, 2.05) is 6.07 Å². The summed E-state index contributed by atoms with van der Waals surface area (Å²) in [6.07, 6.45) is 1.67. The summed E-state index contributed by atoms with van der Waals surface area (Å²) in [5.74, 6) is 0.469. The molecule has 0 aliphatic carbocycles. The summed E-state index contributed by atoms with van der Waals surface area (Å²) in [5.41, 5.74) is 1.83. The number of pyridine rings is 1. The van der Waals surface area contributed by atoms with Crippen LogP contribution in [0.25, 0.3) is 0 Å². The summed E-state index contributed by atoms with van der Waals surface area (Å²) < 4.78 is 0. The molecule has 3 rings (SSSR count). The van der Waals surface area contributed by atoms with E-state index in [-0.39, 0.29) is 11.8 Å². The highest BCUT2D eigenvalue weighted by atomic mass is 16.2. The van der Waals surface area contributed by atoms with Gasteiger partial charge in [-0.1, -0.05) is 13.0 Å². The Kier molecular flexibility index (Phi) is 6.03. The average molecular weight is 367 g/mol. The number of hydrogen-bond donors (Lipinski definition) is 2. The Bertz CT molecular complexity index is 816. The Hall–Kier alpha value is -2.93. The van der Waals surface area contributed by atoms with Gasteiger partial charge in [-0.25, -0.2) is 4.98 Å². The molecule has 1 aromatic carbocycles. The first-order chi connectivity index (χ1) is 13.0. The van der Waals surface area contributed by atoms with Crippen LogP contribution in [0.15, 0.2) is 42.6 Å². The van der Waals surface area contributed by atoms with E-state index in [0.717, 1.165) is 38.5 Å². The molecule has 0 bridgehead atoms. The first kappa shape index (κ1) is 18.8. The molecule has 0 spiro atoms. The van der Waals surface area contributed by atoms with E-state index < -0.39 is 0 Å². The van der Waals surface area contributed by atoms with Gasteiger partial charge in [0, 0.05) is 56.2 Å². The van der Waals surface area contributed by atoms with Crippen LogP contribution in [0.5, 0.6) is 0 Å². The van der Waals surface area contributed by atoms with Crippen molar-refractivity contribution in [1.82, 2.24) is 9.88 Å². The lowest BCUT2D eigenvalue weighted by molar-refractivity contribution is -0.114. The minimum absolute atomic E-state index is 0.152. The summed E-state index contributed by atoms with van der Waals surface area (Å²) in [7, 11) is 0. The SMILES string of the molecule is CCN1CCN(c2cc(C(=O)Nc3cccc(NC(C)=O)c3)ccn2)CC1. The number of carbonyl (C=O) groups is 2. The van der Waals surface area contributed by atoms with E-state index >= 15 is 0 Å². The van der Waals surface area contributed by atoms with Crippen LogP contribution in [0.2, 0.25) is 0 Å². The molecule has 2 aromatic rings. The van der Waals surface area contributed by atoms with E-state index in [4.69, 9.17) is 0 Å². The molecule has 0 unspecified atom stereocenters. The third-order valence-electron chi connectivity index (χ3n) is 4.59. The van der Waals surface area contributed by atoms with Gasteiger partial charge in [-0.15, -0.1) is 0 Å². The van der Waals surface area contributed by atoms with Crippen molar-refractivity contribution in [1.29, 1.82) is 0 Å². The van der Waals surface area contributed by atoms with Crippen LogP contribution in [-0.2, 0) is 4.79 Å². The number of amides is 2. The summed E-state index contributed by atoms with van der Waals surface area (Å²) in [6.45, 7) is 8.50. The largest absolute Gasteiger partial charge is 0.354 e. The summed E-state index contributed by atoms with van der Waals surface area (Å²) in [5, 5.41) is 5.58. The van der Waals surface area contributed by atoms with Gasteiger partial charge in [0.15, 0.2) is 0 Å². The van der Waals surface area contributed by atoms with Crippen molar-refractivity contribution in [3.05, 3.63) is 48.2 Å². The van der Waals surface area contributed by atoms with E-state index in [1.165, 1.54) is 6.92 Å². The number of carbonyl (C=O) groups excluding carboxylic acids is 2. The molecule has 1 saturated heterocycles. The van der Waals surface area contributed by atoms with Crippen LogP contribution in [0.4, 0.5) is 17.2 Å². The molecule has 1 aromatic heterocycles. The number of benzene rings is 1. The number of rotatable bonds is 5. The Morgan fingerprint density at radius 3 is 2.41 bits per heavy atom. The summed E-state index contributed by atoms with van der Waals surface area (Å²) in [6, 6.07) is 10.6. The standard InChI is InChI=1S/C20H25N5O2/c1-3-24-9-11-25(12-10-24)19-13-16(7-8-21-19)20(27)23-18-6-4-5-17(14-18)22-15(2)26/h4-8,13-14H,3,9-12H2,1-2H3,(H,22,26)(H,23,27). The molecular formula is C20H25N5O2. The molecule has 27 heavy (non-hydrogen) atoms. The van der Waals surface area contributed by atoms with Gasteiger partial charge >= 0.3 is 0 Å². The molecule has 0 saturated carbocycles. The van der Waals surface area contributed by atoms with Crippen molar-refractivity contribution in [2.75, 3.05) is 48.3 Å². The molecule has 1 aliphatic rings. The second-order valence-electron chi connectivity index (χ2n) is 6.54. The minimum atomic E-state index is -0.203. The molecule has 7 nitrogen and oxygen atoms in total. The lowest BCUT2D eigenvalue weighted by Crippen LogP contribution is -2.46. The molecule has 0 radical (unpaired) electrons. The Morgan fingerprint density at radius 2 is 1.74 bits per heavy atom. The van der Waals surface area contributed by atoms with Crippen LogP contribution in [-0.4, -0.2) is 54.4 Å².